The van der Waals surface area contributed by atoms with Gasteiger partial charge in [0.1, 0.15) is 13.2 Å². The van der Waals surface area contributed by atoms with Gasteiger partial charge in [-0.05, 0) is 96.3 Å². The molecule has 1 unspecified atom stereocenters. The van der Waals surface area contributed by atoms with Crippen molar-refractivity contribution in [3.05, 3.63) is 85.1 Å². The molecule has 0 aromatic rings. The molecule has 0 bridgehead atoms. The van der Waals surface area contributed by atoms with Crippen molar-refractivity contribution < 1.29 is 28.6 Å². The highest BCUT2D eigenvalue weighted by Gasteiger charge is 2.19. The van der Waals surface area contributed by atoms with Gasteiger partial charge in [-0.25, -0.2) is 0 Å². The lowest BCUT2D eigenvalue weighted by molar-refractivity contribution is -0.167. The highest BCUT2D eigenvalue weighted by atomic mass is 16.6. The van der Waals surface area contributed by atoms with Crippen molar-refractivity contribution in [2.75, 3.05) is 13.2 Å². The quantitative estimate of drug-likeness (QED) is 0.0261. The van der Waals surface area contributed by atoms with Crippen LogP contribution in [0.25, 0.3) is 0 Å². The predicted molar refractivity (Wildman–Crippen MR) is 325 cm³/mol. The Kier molecular flexibility index (Phi) is 60.3. The Morgan fingerprint density at radius 3 is 0.827 bits per heavy atom. The van der Waals surface area contributed by atoms with Gasteiger partial charge in [0.2, 0.25) is 0 Å². The van der Waals surface area contributed by atoms with E-state index < -0.39 is 6.10 Å². The maximum Gasteiger partial charge on any atom is 0.306 e. The second kappa shape index (κ2) is 63.1. The minimum absolute atomic E-state index is 0.0867. The van der Waals surface area contributed by atoms with E-state index in [0.717, 1.165) is 116 Å². The number of esters is 3. The average Bonchev–Trinajstić information content (AvgIpc) is 3.41. The molecule has 432 valence electrons. The van der Waals surface area contributed by atoms with E-state index in [1.807, 2.05) is 0 Å². The van der Waals surface area contributed by atoms with E-state index in [2.05, 4.69) is 106 Å². The first-order chi connectivity index (χ1) is 37.0. The van der Waals surface area contributed by atoms with Gasteiger partial charge in [0.15, 0.2) is 6.10 Å². The van der Waals surface area contributed by atoms with Crippen molar-refractivity contribution in [1.29, 1.82) is 0 Å². The summed E-state index contributed by atoms with van der Waals surface area (Å²) < 4.78 is 16.9. The van der Waals surface area contributed by atoms with Gasteiger partial charge in [0.05, 0.1) is 0 Å². The van der Waals surface area contributed by atoms with Gasteiger partial charge in [-0.1, -0.05) is 286 Å². The van der Waals surface area contributed by atoms with E-state index in [1.165, 1.54) is 161 Å². The number of hydrogen-bond acceptors (Lipinski definition) is 6. The lowest BCUT2D eigenvalue weighted by Gasteiger charge is -2.18. The van der Waals surface area contributed by atoms with Gasteiger partial charge >= 0.3 is 17.9 Å². The van der Waals surface area contributed by atoms with Gasteiger partial charge in [-0.3, -0.25) is 14.4 Å². The molecule has 6 nitrogen and oxygen atoms in total. The molecule has 0 rings (SSSR count). The van der Waals surface area contributed by atoms with Crippen LogP contribution in [0, 0.1) is 0 Å². The average molecular weight is 1050 g/mol. The van der Waals surface area contributed by atoms with Crippen molar-refractivity contribution in [2.45, 2.75) is 322 Å². The Balaban J connectivity index is 4.39. The lowest BCUT2D eigenvalue weighted by Crippen LogP contribution is -2.30. The summed E-state index contributed by atoms with van der Waals surface area (Å²) in [6.07, 6.45) is 83.0. The molecular formula is C69H120O6. The fourth-order valence-corrected chi connectivity index (χ4v) is 9.09. The zero-order valence-electron chi connectivity index (χ0n) is 49.6. The first kappa shape index (κ1) is 71.6. The van der Waals surface area contributed by atoms with Gasteiger partial charge in [0, 0.05) is 19.3 Å². The molecule has 0 N–H and O–H groups in total. The summed E-state index contributed by atoms with van der Waals surface area (Å²) in [5.74, 6) is -0.906. The number of rotatable bonds is 58. The minimum Gasteiger partial charge on any atom is -0.462 e. The largest absolute Gasteiger partial charge is 0.462 e. The molecule has 0 amide bonds. The molecular weight excluding hydrogens is 925 g/mol. The SMILES string of the molecule is CC/C=C\C/C=C\C/C=C\C/C=C\C/C=C\C/C=C\CCCCCCC(=O)OCC(COC(=O)CCCCCCC/C=C\CCCCCCC)OC(=O)CCCCCCCCCCCCCCCCCCCCCC. The second-order valence-electron chi connectivity index (χ2n) is 21.3. The maximum absolute atomic E-state index is 12.9. The second-order valence-corrected chi connectivity index (χ2v) is 21.3. The Hall–Kier alpha value is -3.41. The summed E-state index contributed by atoms with van der Waals surface area (Å²) in [5.41, 5.74) is 0. The van der Waals surface area contributed by atoms with Crippen molar-refractivity contribution in [3.8, 4) is 0 Å². The van der Waals surface area contributed by atoms with Crippen molar-refractivity contribution in [2.24, 2.45) is 0 Å². The van der Waals surface area contributed by atoms with Crippen molar-refractivity contribution in [3.63, 3.8) is 0 Å². The third-order valence-electron chi connectivity index (χ3n) is 13.9. The van der Waals surface area contributed by atoms with Crippen LogP contribution in [0.3, 0.4) is 0 Å². The first-order valence-corrected chi connectivity index (χ1v) is 32.1. The van der Waals surface area contributed by atoms with Crippen LogP contribution in [0.2, 0.25) is 0 Å². The smallest absolute Gasteiger partial charge is 0.306 e. The van der Waals surface area contributed by atoms with Crippen LogP contribution in [0.1, 0.15) is 316 Å². The van der Waals surface area contributed by atoms with E-state index in [1.54, 1.807) is 0 Å². The molecule has 0 aromatic carbocycles. The Labute approximate surface area is 465 Å². The molecule has 75 heavy (non-hydrogen) atoms. The molecule has 0 aliphatic heterocycles. The first-order valence-electron chi connectivity index (χ1n) is 32.1. The fourth-order valence-electron chi connectivity index (χ4n) is 9.09. The summed E-state index contributed by atoms with van der Waals surface area (Å²) in [5, 5.41) is 0. The monoisotopic (exact) mass is 1040 g/mol. The summed E-state index contributed by atoms with van der Waals surface area (Å²) >= 11 is 0. The van der Waals surface area contributed by atoms with Gasteiger partial charge < -0.3 is 14.2 Å². The standard InChI is InChI=1S/C69H120O6/c1-4-7-10-13-16-19-22-25-28-30-32-34-35-36-38-39-41-44-47-50-53-56-59-62-68(71)74-65-66(64-73-67(70)61-58-55-52-49-46-43-27-24-21-18-15-12-9-6-3)75-69(72)63-60-57-54-51-48-45-42-40-37-33-31-29-26-23-20-17-14-11-8-5-2/h7,10,16,19,24-25,27-28,32,34,36,38,41,44,66H,4-6,8-9,11-15,17-18,20-23,26,29-31,33,35,37,39-40,42-43,45-65H2,1-3H3/b10-7-,19-16-,27-24-,28-25-,34-32-,38-36-,44-41-. The molecule has 0 spiro atoms. The van der Waals surface area contributed by atoms with Crippen LogP contribution in [0.5, 0.6) is 0 Å². The highest BCUT2D eigenvalue weighted by molar-refractivity contribution is 5.71. The fraction of sp³-hybridized carbons (Fsp3) is 0.754. The highest BCUT2D eigenvalue weighted by Crippen LogP contribution is 2.17. The Morgan fingerprint density at radius 1 is 0.280 bits per heavy atom. The zero-order valence-corrected chi connectivity index (χ0v) is 49.6. The third kappa shape index (κ3) is 61.3. The summed E-state index contributed by atoms with van der Waals surface area (Å²) in [7, 11) is 0. The van der Waals surface area contributed by atoms with Crippen LogP contribution >= 0.6 is 0 Å². The van der Waals surface area contributed by atoms with Crippen molar-refractivity contribution >= 4 is 17.9 Å². The molecule has 1 atom stereocenters. The van der Waals surface area contributed by atoms with E-state index in [4.69, 9.17) is 14.2 Å². The molecule has 0 heterocycles. The van der Waals surface area contributed by atoms with Crippen molar-refractivity contribution in [1.82, 2.24) is 0 Å². The van der Waals surface area contributed by atoms with Crippen LogP contribution in [-0.2, 0) is 28.6 Å². The number of carbonyl (C=O) groups is 3. The Morgan fingerprint density at radius 2 is 0.520 bits per heavy atom. The molecule has 0 saturated heterocycles. The molecule has 0 radical (unpaired) electrons. The molecule has 0 saturated carbocycles. The normalized spacial score (nSPS) is 12.6. The zero-order chi connectivity index (χ0) is 54.3. The van der Waals surface area contributed by atoms with E-state index >= 15 is 0 Å². The maximum atomic E-state index is 12.9. The van der Waals surface area contributed by atoms with E-state index in [0.29, 0.717) is 19.3 Å². The van der Waals surface area contributed by atoms with Gasteiger partial charge in [0.25, 0.3) is 0 Å². The van der Waals surface area contributed by atoms with Crippen LogP contribution < -0.4 is 0 Å². The number of unbranched alkanes of at least 4 members (excludes halogenated alkanes) is 33. The van der Waals surface area contributed by atoms with E-state index in [-0.39, 0.29) is 31.1 Å². The van der Waals surface area contributed by atoms with Crippen LogP contribution in [0.15, 0.2) is 85.1 Å². The Bertz CT molecular complexity index is 1430. The third-order valence-corrected chi connectivity index (χ3v) is 13.9. The van der Waals surface area contributed by atoms with E-state index in [9.17, 15) is 14.4 Å². The summed E-state index contributed by atoms with van der Waals surface area (Å²) in [6, 6.07) is 0. The molecule has 0 aliphatic carbocycles. The molecule has 0 fully saturated rings. The predicted octanol–water partition coefficient (Wildman–Crippen LogP) is 21.9. The van der Waals surface area contributed by atoms with Crippen LogP contribution in [-0.4, -0.2) is 37.2 Å². The lowest BCUT2D eigenvalue weighted by atomic mass is 10.0. The van der Waals surface area contributed by atoms with Gasteiger partial charge in [-0.2, -0.15) is 0 Å². The van der Waals surface area contributed by atoms with Crippen LogP contribution in [0.4, 0.5) is 0 Å². The molecule has 0 aromatic heterocycles. The number of hydrogen-bond donors (Lipinski definition) is 0. The topological polar surface area (TPSA) is 78.9 Å². The number of allylic oxidation sites excluding steroid dienone is 14. The van der Waals surface area contributed by atoms with Gasteiger partial charge in [-0.15, -0.1) is 0 Å². The molecule has 0 aliphatic rings. The minimum atomic E-state index is -0.790. The summed E-state index contributed by atoms with van der Waals surface area (Å²) in [6.45, 7) is 6.53. The number of ether oxygens (including phenoxy) is 3. The molecule has 6 heteroatoms. The summed E-state index contributed by atoms with van der Waals surface area (Å²) in [4.78, 5) is 38.3. The number of carbonyl (C=O) groups excluding carboxylic acids is 3.